The fourth-order valence-corrected chi connectivity index (χ4v) is 2.82. The molecule has 3 heteroatoms. The van der Waals surface area contributed by atoms with Gasteiger partial charge in [0.05, 0.1) is 6.61 Å². The van der Waals surface area contributed by atoms with Crippen molar-refractivity contribution in [2.75, 3.05) is 24.7 Å². The molecule has 0 aromatic rings. The fraction of sp³-hybridized carbons (Fsp3) is 1.00. The van der Waals surface area contributed by atoms with Gasteiger partial charge in [-0.1, -0.05) is 0 Å². The van der Waals surface area contributed by atoms with E-state index in [1.54, 1.807) is 0 Å². The van der Waals surface area contributed by atoms with Crippen molar-refractivity contribution < 1.29 is 4.74 Å². The van der Waals surface area contributed by atoms with E-state index >= 15 is 0 Å². The molecule has 0 saturated carbocycles. The van der Waals surface area contributed by atoms with Gasteiger partial charge in [0.2, 0.25) is 0 Å². The Morgan fingerprint density at radius 3 is 3.10 bits per heavy atom. The van der Waals surface area contributed by atoms with E-state index in [1.165, 1.54) is 17.9 Å². The van der Waals surface area contributed by atoms with Gasteiger partial charge >= 0.3 is 0 Å². The van der Waals surface area contributed by atoms with Crippen LogP contribution in [-0.2, 0) is 4.74 Å². The molecular formula is C7H13NOS. The van der Waals surface area contributed by atoms with E-state index in [1.807, 2.05) is 11.8 Å². The van der Waals surface area contributed by atoms with Gasteiger partial charge in [0.1, 0.15) is 6.23 Å². The molecule has 1 N–H and O–H groups in total. The lowest BCUT2D eigenvalue weighted by Gasteiger charge is -2.15. The minimum Gasteiger partial charge on any atom is -0.362 e. The number of ether oxygens (including phenoxy) is 1. The van der Waals surface area contributed by atoms with Crippen molar-refractivity contribution in [2.45, 2.75) is 12.6 Å². The van der Waals surface area contributed by atoms with E-state index in [2.05, 4.69) is 5.32 Å². The molecule has 58 valence electrons. The Hall–Kier alpha value is 0.270. The molecular weight excluding hydrogens is 146 g/mol. The second kappa shape index (κ2) is 3.11. The molecule has 0 bridgehead atoms. The number of rotatable bonds is 1. The third-order valence-electron chi connectivity index (χ3n) is 2.14. The van der Waals surface area contributed by atoms with Gasteiger partial charge < -0.3 is 4.74 Å². The average molecular weight is 159 g/mol. The zero-order valence-electron chi connectivity index (χ0n) is 6.01. The molecule has 0 amide bonds. The molecule has 0 spiro atoms. The minimum atomic E-state index is 0.384. The van der Waals surface area contributed by atoms with Crippen LogP contribution in [-0.4, -0.2) is 30.9 Å². The Morgan fingerprint density at radius 2 is 2.50 bits per heavy atom. The molecule has 2 atom stereocenters. The SMILES string of the molecule is C1COC(C2CCSC2)N1. The van der Waals surface area contributed by atoms with Crippen LogP contribution in [0.1, 0.15) is 6.42 Å². The quantitative estimate of drug-likeness (QED) is 0.608. The van der Waals surface area contributed by atoms with Gasteiger partial charge in [-0.3, -0.25) is 5.32 Å². The second-order valence-electron chi connectivity index (χ2n) is 2.87. The topological polar surface area (TPSA) is 21.3 Å². The highest BCUT2D eigenvalue weighted by Gasteiger charge is 2.27. The maximum atomic E-state index is 5.51. The van der Waals surface area contributed by atoms with Crippen molar-refractivity contribution >= 4 is 11.8 Å². The van der Waals surface area contributed by atoms with Crippen LogP contribution in [0.15, 0.2) is 0 Å². The van der Waals surface area contributed by atoms with Crippen LogP contribution in [0.25, 0.3) is 0 Å². The largest absolute Gasteiger partial charge is 0.362 e. The van der Waals surface area contributed by atoms with Gasteiger partial charge in [0.25, 0.3) is 0 Å². The van der Waals surface area contributed by atoms with Crippen molar-refractivity contribution in [1.82, 2.24) is 5.32 Å². The predicted octanol–water partition coefficient (Wildman–Crippen LogP) is 0.685. The normalized spacial score (nSPS) is 40.8. The number of thioether (sulfide) groups is 1. The molecule has 2 aliphatic rings. The summed E-state index contributed by atoms with van der Waals surface area (Å²) in [6.07, 6.45) is 1.72. The average Bonchev–Trinajstić information content (AvgIpc) is 2.59. The summed E-state index contributed by atoms with van der Waals surface area (Å²) >= 11 is 2.05. The summed E-state index contributed by atoms with van der Waals surface area (Å²) in [7, 11) is 0. The molecule has 2 nitrogen and oxygen atoms in total. The van der Waals surface area contributed by atoms with Crippen LogP contribution in [0.3, 0.4) is 0 Å². The zero-order chi connectivity index (χ0) is 6.81. The number of hydrogen-bond donors (Lipinski definition) is 1. The summed E-state index contributed by atoms with van der Waals surface area (Å²) in [4.78, 5) is 0. The maximum Gasteiger partial charge on any atom is 0.111 e. The van der Waals surface area contributed by atoms with Crippen molar-refractivity contribution in [3.8, 4) is 0 Å². The highest BCUT2D eigenvalue weighted by Crippen LogP contribution is 2.27. The van der Waals surface area contributed by atoms with Gasteiger partial charge in [-0.05, 0) is 17.9 Å². The first-order valence-corrected chi connectivity index (χ1v) is 5.05. The summed E-state index contributed by atoms with van der Waals surface area (Å²) < 4.78 is 5.51. The monoisotopic (exact) mass is 159 g/mol. The molecule has 2 saturated heterocycles. The molecule has 2 rings (SSSR count). The standard InChI is InChI=1S/C7H13NOS/c1-4-10-5-6(1)7-8-2-3-9-7/h6-8H,1-5H2. The van der Waals surface area contributed by atoms with Crippen LogP contribution in [0.4, 0.5) is 0 Å². The van der Waals surface area contributed by atoms with Crippen molar-refractivity contribution in [2.24, 2.45) is 5.92 Å². The molecule has 2 fully saturated rings. The third kappa shape index (κ3) is 1.31. The van der Waals surface area contributed by atoms with Crippen LogP contribution < -0.4 is 5.32 Å². The Labute approximate surface area is 65.7 Å². The van der Waals surface area contributed by atoms with Gasteiger partial charge in [-0.15, -0.1) is 0 Å². The first-order chi connectivity index (χ1) is 4.97. The Balaban J connectivity index is 1.85. The molecule has 10 heavy (non-hydrogen) atoms. The van der Waals surface area contributed by atoms with E-state index in [9.17, 15) is 0 Å². The highest BCUT2D eigenvalue weighted by atomic mass is 32.2. The highest BCUT2D eigenvalue weighted by molar-refractivity contribution is 7.99. The minimum absolute atomic E-state index is 0.384. The second-order valence-corrected chi connectivity index (χ2v) is 4.02. The summed E-state index contributed by atoms with van der Waals surface area (Å²) in [5, 5.41) is 3.36. The van der Waals surface area contributed by atoms with Crippen molar-refractivity contribution in [1.29, 1.82) is 0 Å². The molecule has 2 aliphatic heterocycles. The van der Waals surface area contributed by atoms with Gasteiger partial charge in [-0.25, -0.2) is 0 Å². The summed E-state index contributed by atoms with van der Waals surface area (Å²) in [5.41, 5.74) is 0. The molecule has 0 aliphatic carbocycles. The first-order valence-electron chi connectivity index (χ1n) is 3.89. The van der Waals surface area contributed by atoms with Gasteiger partial charge in [0.15, 0.2) is 0 Å². The van der Waals surface area contributed by atoms with Crippen LogP contribution in [0.2, 0.25) is 0 Å². The Bertz CT molecular complexity index is 94.2. The molecule has 2 heterocycles. The molecule has 0 radical (unpaired) electrons. The summed E-state index contributed by atoms with van der Waals surface area (Å²) in [6.45, 7) is 1.96. The fourth-order valence-electron chi connectivity index (χ4n) is 1.54. The predicted molar refractivity (Wildman–Crippen MR) is 43.2 cm³/mol. The summed E-state index contributed by atoms with van der Waals surface area (Å²) in [6, 6.07) is 0. The van der Waals surface area contributed by atoms with E-state index in [0.29, 0.717) is 6.23 Å². The Morgan fingerprint density at radius 1 is 1.50 bits per heavy atom. The molecule has 0 aromatic carbocycles. The lowest BCUT2D eigenvalue weighted by molar-refractivity contribution is 0.0612. The van der Waals surface area contributed by atoms with Gasteiger partial charge in [0, 0.05) is 12.5 Å². The lowest BCUT2D eigenvalue weighted by Crippen LogP contribution is -2.31. The number of nitrogens with one attached hydrogen (secondary N) is 1. The smallest absolute Gasteiger partial charge is 0.111 e. The van der Waals surface area contributed by atoms with Gasteiger partial charge in [-0.2, -0.15) is 11.8 Å². The number of hydrogen-bond acceptors (Lipinski definition) is 3. The van der Waals surface area contributed by atoms with E-state index in [0.717, 1.165) is 19.1 Å². The van der Waals surface area contributed by atoms with Crippen molar-refractivity contribution in [3.05, 3.63) is 0 Å². The van der Waals surface area contributed by atoms with Crippen molar-refractivity contribution in [3.63, 3.8) is 0 Å². The van der Waals surface area contributed by atoms with Crippen LogP contribution in [0.5, 0.6) is 0 Å². The van der Waals surface area contributed by atoms with E-state index < -0.39 is 0 Å². The van der Waals surface area contributed by atoms with Crippen LogP contribution in [0, 0.1) is 5.92 Å². The maximum absolute atomic E-state index is 5.51. The van der Waals surface area contributed by atoms with E-state index in [4.69, 9.17) is 4.74 Å². The summed E-state index contributed by atoms with van der Waals surface area (Å²) in [5.74, 6) is 3.40. The lowest BCUT2D eigenvalue weighted by atomic mass is 10.1. The third-order valence-corrected chi connectivity index (χ3v) is 3.33. The zero-order valence-corrected chi connectivity index (χ0v) is 6.82. The molecule has 0 aromatic heterocycles. The Kier molecular flexibility index (Phi) is 2.16. The van der Waals surface area contributed by atoms with Crippen LogP contribution >= 0.6 is 11.8 Å². The van der Waals surface area contributed by atoms with E-state index in [-0.39, 0.29) is 0 Å². The molecule has 2 unspecified atom stereocenters. The first kappa shape index (κ1) is 6.95.